The van der Waals surface area contributed by atoms with Gasteiger partial charge in [0.05, 0.1) is 17.4 Å². The lowest BCUT2D eigenvalue weighted by Crippen LogP contribution is -2.45. The molecule has 33 heavy (non-hydrogen) atoms. The summed E-state index contributed by atoms with van der Waals surface area (Å²) in [7, 11) is -2.29. The number of carbonyl (C=O) groups excluding carboxylic acids is 1. The molecule has 0 radical (unpaired) electrons. The maximum Gasteiger partial charge on any atom is 0.411 e. The molecule has 10 heteroatoms. The number of carbonyl (C=O) groups is 1. The number of alkyl halides is 1. The Bertz CT molecular complexity index is 1140. The van der Waals surface area contributed by atoms with Crippen molar-refractivity contribution >= 4 is 33.4 Å². The molecule has 0 spiro atoms. The van der Waals surface area contributed by atoms with Crippen LogP contribution in [0.25, 0.3) is 5.57 Å². The first-order valence-corrected chi connectivity index (χ1v) is 12.9. The van der Waals surface area contributed by atoms with E-state index in [-0.39, 0.29) is 30.6 Å². The molecule has 3 aliphatic heterocycles. The third-order valence-electron chi connectivity index (χ3n) is 7.10. The van der Waals surface area contributed by atoms with Crippen molar-refractivity contribution in [3.05, 3.63) is 23.9 Å². The Morgan fingerprint density at radius 3 is 2.61 bits per heavy atom. The van der Waals surface area contributed by atoms with E-state index in [0.29, 0.717) is 30.0 Å². The maximum absolute atomic E-state index is 14.1. The number of aromatic nitrogens is 1. The van der Waals surface area contributed by atoms with Gasteiger partial charge in [-0.1, -0.05) is 6.08 Å². The third kappa shape index (κ3) is 3.76. The second kappa shape index (κ2) is 7.07. The molecule has 0 N–H and O–H groups in total. The molecule has 4 aliphatic rings. The van der Waals surface area contributed by atoms with Gasteiger partial charge in [-0.3, -0.25) is 4.90 Å². The minimum absolute atomic E-state index is 0.0370. The van der Waals surface area contributed by atoms with Crippen molar-refractivity contribution in [3.8, 4) is 0 Å². The van der Waals surface area contributed by atoms with Crippen LogP contribution in [0, 0.1) is 5.92 Å². The second-order valence-electron chi connectivity index (χ2n) is 10.8. The maximum atomic E-state index is 14.1. The van der Waals surface area contributed by atoms with Crippen LogP contribution in [-0.4, -0.2) is 61.3 Å². The van der Waals surface area contributed by atoms with E-state index in [1.807, 2.05) is 31.7 Å². The van der Waals surface area contributed by atoms with Crippen molar-refractivity contribution < 1.29 is 22.3 Å². The van der Waals surface area contributed by atoms with Gasteiger partial charge >= 0.3 is 16.3 Å². The van der Waals surface area contributed by atoms with Crippen molar-refractivity contribution in [1.29, 1.82) is 0 Å². The molecule has 4 heterocycles. The number of ether oxygens (including phenoxy) is 1. The lowest BCUT2D eigenvalue weighted by atomic mass is 9.98. The zero-order valence-electron chi connectivity index (χ0n) is 19.7. The summed E-state index contributed by atoms with van der Waals surface area (Å²) in [6.45, 7) is 7.20. The molecule has 0 aromatic carbocycles. The smallest absolute Gasteiger partial charge is 0.411 e. The Labute approximate surface area is 194 Å². The summed E-state index contributed by atoms with van der Waals surface area (Å²) in [4.78, 5) is 19.2. The van der Waals surface area contributed by atoms with Crippen LogP contribution in [0.1, 0.15) is 59.1 Å². The van der Waals surface area contributed by atoms with E-state index in [1.165, 1.54) is 22.6 Å². The Morgan fingerprint density at radius 2 is 2.00 bits per heavy atom. The van der Waals surface area contributed by atoms with E-state index in [9.17, 15) is 17.6 Å². The minimum Gasteiger partial charge on any atom is -0.444 e. The first-order chi connectivity index (χ1) is 15.3. The Morgan fingerprint density at radius 1 is 1.30 bits per heavy atom. The zero-order chi connectivity index (χ0) is 23.9. The van der Waals surface area contributed by atoms with E-state index in [0.717, 1.165) is 18.4 Å². The highest BCUT2D eigenvalue weighted by Gasteiger charge is 2.54. The fourth-order valence-electron chi connectivity index (χ4n) is 5.12. The van der Waals surface area contributed by atoms with Gasteiger partial charge in [-0.05, 0) is 71.1 Å². The number of anilines is 2. The normalized spacial score (nSPS) is 32.0. The number of pyridine rings is 1. The summed E-state index contributed by atoms with van der Waals surface area (Å²) in [6, 6.07) is 3.57. The second-order valence-corrected chi connectivity index (χ2v) is 12.7. The van der Waals surface area contributed by atoms with Gasteiger partial charge in [0, 0.05) is 25.6 Å². The molecular formula is C23H31FN4O4S. The van der Waals surface area contributed by atoms with Crippen LogP contribution < -0.4 is 8.61 Å². The Kier molecular flexibility index (Phi) is 4.81. The van der Waals surface area contributed by atoms with Gasteiger partial charge in [0.2, 0.25) is 0 Å². The summed E-state index contributed by atoms with van der Waals surface area (Å²) in [5.74, 6) is 0.0540. The Hall–Kier alpha value is -2.36. The number of amides is 1. The van der Waals surface area contributed by atoms with Gasteiger partial charge in [-0.25, -0.2) is 22.8 Å². The molecule has 5 rings (SSSR count). The van der Waals surface area contributed by atoms with E-state index < -0.39 is 21.5 Å². The molecule has 180 valence electrons. The van der Waals surface area contributed by atoms with Crippen LogP contribution in [0.4, 0.5) is 20.7 Å². The molecule has 1 amide bonds. The molecule has 4 atom stereocenters. The van der Waals surface area contributed by atoms with Gasteiger partial charge in [0.1, 0.15) is 11.3 Å². The van der Waals surface area contributed by atoms with E-state index in [4.69, 9.17) is 9.72 Å². The average Bonchev–Trinajstić information content (AvgIpc) is 3.15. The fourth-order valence-corrected chi connectivity index (χ4v) is 6.53. The SMILES string of the molecule is CN1c2nc(C3=CC4CCC(C3)N4C(=O)OC(C)(C)C)ccc2N(CC2CC2(C)F)S1(=O)=O. The summed E-state index contributed by atoms with van der Waals surface area (Å²) in [5, 5.41) is 0. The van der Waals surface area contributed by atoms with Crippen LogP contribution in [0.15, 0.2) is 18.2 Å². The molecule has 1 aromatic rings. The summed E-state index contributed by atoms with van der Waals surface area (Å²) < 4.78 is 48.1. The van der Waals surface area contributed by atoms with Crippen molar-refractivity contribution in [2.24, 2.45) is 5.92 Å². The summed E-state index contributed by atoms with van der Waals surface area (Å²) >= 11 is 0. The van der Waals surface area contributed by atoms with Crippen LogP contribution in [0.5, 0.6) is 0 Å². The van der Waals surface area contributed by atoms with Gasteiger partial charge < -0.3 is 4.74 Å². The molecule has 8 nitrogen and oxygen atoms in total. The van der Waals surface area contributed by atoms with E-state index in [1.54, 1.807) is 6.07 Å². The van der Waals surface area contributed by atoms with Gasteiger partial charge in [-0.2, -0.15) is 8.42 Å². The van der Waals surface area contributed by atoms with Crippen LogP contribution >= 0.6 is 0 Å². The molecule has 2 bridgehead atoms. The predicted molar refractivity (Wildman–Crippen MR) is 124 cm³/mol. The molecule has 1 saturated carbocycles. The van der Waals surface area contributed by atoms with Crippen molar-refractivity contribution in [1.82, 2.24) is 9.88 Å². The van der Waals surface area contributed by atoms with Crippen molar-refractivity contribution in [3.63, 3.8) is 0 Å². The van der Waals surface area contributed by atoms with E-state index in [2.05, 4.69) is 6.08 Å². The average molecular weight is 479 g/mol. The lowest BCUT2D eigenvalue weighted by Gasteiger charge is -2.35. The quantitative estimate of drug-likeness (QED) is 0.658. The number of hydrogen-bond acceptors (Lipinski definition) is 5. The van der Waals surface area contributed by atoms with Gasteiger partial charge in [0.15, 0.2) is 5.82 Å². The highest BCUT2D eigenvalue weighted by molar-refractivity contribution is 7.94. The highest BCUT2D eigenvalue weighted by atomic mass is 32.2. The van der Waals surface area contributed by atoms with Crippen LogP contribution in [0.3, 0.4) is 0 Å². The van der Waals surface area contributed by atoms with Crippen LogP contribution in [0.2, 0.25) is 0 Å². The lowest BCUT2D eigenvalue weighted by molar-refractivity contribution is 0.0175. The zero-order valence-corrected chi connectivity index (χ0v) is 20.5. The highest BCUT2D eigenvalue weighted by Crippen LogP contribution is 2.50. The number of fused-ring (bicyclic) bond motifs is 3. The van der Waals surface area contributed by atoms with Crippen LogP contribution in [-0.2, 0) is 14.9 Å². The first kappa shape index (κ1) is 22.4. The third-order valence-corrected chi connectivity index (χ3v) is 8.87. The Balaban J connectivity index is 1.41. The molecular weight excluding hydrogens is 447 g/mol. The predicted octanol–water partition coefficient (Wildman–Crippen LogP) is 3.89. The first-order valence-electron chi connectivity index (χ1n) is 11.5. The molecule has 1 aliphatic carbocycles. The van der Waals surface area contributed by atoms with Crippen molar-refractivity contribution in [2.75, 3.05) is 22.2 Å². The largest absolute Gasteiger partial charge is 0.444 e. The summed E-state index contributed by atoms with van der Waals surface area (Å²) in [6.07, 6.45) is 4.53. The van der Waals surface area contributed by atoms with E-state index >= 15 is 0 Å². The fraction of sp³-hybridized carbons (Fsp3) is 0.652. The summed E-state index contributed by atoms with van der Waals surface area (Å²) in [5.41, 5.74) is 0.340. The number of halogens is 1. The van der Waals surface area contributed by atoms with Gasteiger partial charge in [-0.15, -0.1) is 0 Å². The number of rotatable bonds is 3. The molecule has 4 unspecified atom stereocenters. The minimum atomic E-state index is -3.78. The standard InChI is InChI=1S/C23H31FN4O4S/c1-22(2,3)32-21(29)28-16-6-7-17(28)11-14(10-16)18-8-9-19-20(25-18)26(5)33(30,31)27(19)13-15-12-23(15,4)24/h8-10,15-17H,6-7,11-13H2,1-5H3. The molecule has 1 aromatic heterocycles. The monoisotopic (exact) mass is 478 g/mol. The molecule has 2 fully saturated rings. The number of nitrogens with zero attached hydrogens (tertiary/aromatic N) is 4. The molecule has 1 saturated heterocycles. The van der Waals surface area contributed by atoms with Crippen molar-refractivity contribution in [2.45, 2.75) is 76.7 Å². The topological polar surface area (TPSA) is 83.1 Å². The van der Waals surface area contributed by atoms with Gasteiger partial charge in [0.25, 0.3) is 0 Å². The number of hydrogen-bond donors (Lipinski definition) is 0.